The first-order chi connectivity index (χ1) is 11.3. The molecule has 0 aromatic heterocycles. The number of guanidine groups is 1. The van der Waals surface area contributed by atoms with Gasteiger partial charge in [-0.1, -0.05) is 24.3 Å². The third-order valence-electron chi connectivity index (χ3n) is 4.17. The Morgan fingerprint density at radius 2 is 1.92 bits per heavy atom. The van der Waals surface area contributed by atoms with Crippen LogP contribution in [0, 0.1) is 0 Å². The fourth-order valence-corrected chi connectivity index (χ4v) is 2.55. The highest BCUT2D eigenvalue weighted by atomic mass is 16.2. The summed E-state index contributed by atoms with van der Waals surface area (Å²) in [5.41, 5.74) is 6.89. The molecule has 0 bridgehead atoms. The average molecular weight is 329 g/mol. The van der Waals surface area contributed by atoms with E-state index in [4.69, 9.17) is 5.73 Å². The maximum absolute atomic E-state index is 12.2. The number of carbonyl (C=O) groups is 2. The number of imide groups is 1. The number of nitrogens with one attached hydrogen (secondary N) is 2. The van der Waals surface area contributed by atoms with Crippen LogP contribution in [0.2, 0.25) is 0 Å². The lowest BCUT2D eigenvalue weighted by Crippen LogP contribution is -2.40. The van der Waals surface area contributed by atoms with Gasteiger partial charge in [-0.3, -0.25) is 9.69 Å². The summed E-state index contributed by atoms with van der Waals surface area (Å²) in [6.45, 7) is 4.17. The van der Waals surface area contributed by atoms with E-state index in [-0.39, 0.29) is 18.5 Å². The zero-order valence-electron chi connectivity index (χ0n) is 14.0. The highest BCUT2D eigenvalue weighted by molar-refractivity contribution is 6.06. The van der Waals surface area contributed by atoms with Crippen LogP contribution < -0.4 is 16.4 Å². The van der Waals surface area contributed by atoms with Crippen molar-refractivity contribution in [3.63, 3.8) is 0 Å². The third-order valence-corrected chi connectivity index (χ3v) is 4.17. The molecule has 3 rings (SSSR count). The minimum Gasteiger partial charge on any atom is -0.370 e. The number of nitrogens with zero attached hydrogens (tertiary/aromatic N) is 2. The quantitative estimate of drug-likeness (QED) is 0.427. The Morgan fingerprint density at radius 1 is 1.29 bits per heavy atom. The number of carbonyl (C=O) groups excluding carboxylic acids is 2. The summed E-state index contributed by atoms with van der Waals surface area (Å²) in [6, 6.07) is 7.82. The van der Waals surface area contributed by atoms with Crippen molar-refractivity contribution in [3.05, 3.63) is 35.4 Å². The van der Waals surface area contributed by atoms with Crippen molar-refractivity contribution < 1.29 is 9.59 Å². The lowest BCUT2D eigenvalue weighted by molar-refractivity contribution is -0.130. The summed E-state index contributed by atoms with van der Waals surface area (Å²) in [4.78, 5) is 29.6. The number of hydrogen-bond donors (Lipinski definition) is 3. The SMILES string of the molecule is CC1(C)NC(=O)N(Cc2ccc(CN=C(N)NC3CC3)cc2)C1=O. The van der Waals surface area contributed by atoms with Gasteiger partial charge < -0.3 is 16.4 Å². The number of urea groups is 1. The minimum absolute atomic E-state index is 0.208. The predicted octanol–water partition coefficient (Wildman–Crippen LogP) is 1.08. The fraction of sp³-hybridized carbons (Fsp3) is 0.471. The molecule has 1 heterocycles. The first-order valence-corrected chi connectivity index (χ1v) is 8.13. The second-order valence-corrected chi connectivity index (χ2v) is 6.88. The Labute approximate surface area is 141 Å². The van der Waals surface area contributed by atoms with Crippen molar-refractivity contribution in [1.29, 1.82) is 0 Å². The molecule has 24 heavy (non-hydrogen) atoms. The molecule has 4 N–H and O–H groups in total. The van der Waals surface area contributed by atoms with E-state index >= 15 is 0 Å². The topological polar surface area (TPSA) is 99.8 Å². The molecule has 1 aliphatic heterocycles. The molecule has 3 amide bonds. The van der Waals surface area contributed by atoms with Crippen LogP contribution in [0.3, 0.4) is 0 Å². The van der Waals surface area contributed by atoms with Crippen molar-refractivity contribution >= 4 is 17.9 Å². The van der Waals surface area contributed by atoms with Crippen molar-refractivity contribution in [2.75, 3.05) is 0 Å². The summed E-state index contributed by atoms with van der Waals surface area (Å²) < 4.78 is 0. The Morgan fingerprint density at radius 3 is 2.46 bits per heavy atom. The van der Waals surface area contributed by atoms with E-state index in [0.717, 1.165) is 24.0 Å². The van der Waals surface area contributed by atoms with Crippen molar-refractivity contribution in [2.45, 2.75) is 51.4 Å². The van der Waals surface area contributed by atoms with Crippen molar-refractivity contribution in [2.24, 2.45) is 10.7 Å². The standard InChI is InChI=1S/C17H23N5O2/c1-17(2)14(23)22(16(24)21-17)10-12-5-3-11(4-6-12)9-19-15(18)20-13-7-8-13/h3-6,13H,7-10H2,1-2H3,(H,21,24)(H3,18,19,20). The molecule has 1 saturated carbocycles. The van der Waals surface area contributed by atoms with Gasteiger partial charge in [0.15, 0.2) is 5.96 Å². The molecule has 0 spiro atoms. The largest absolute Gasteiger partial charge is 0.370 e. The fourth-order valence-electron chi connectivity index (χ4n) is 2.55. The van der Waals surface area contributed by atoms with Gasteiger partial charge in [0.1, 0.15) is 5.54 Å². The van der Waals surface area contributed by atoms with E-state index in [1.54, 1.807) is 13.8 Å². The van der Waals surface area contributed by atoms with Gasteiger partial charge in [-0.05, 0) is 37.8 Å². The maximum Gasteiger partial charge on any atom is 0.325 e. The molecule has 1 aromatic rings. The first kappa shape index (κ1) is 16.3. The van der Waals surface area contributed by atoms with Crippen LogP contribution in [0.4, 0.5) is 4.79 Å². The second-order valence-electron chi connectivity index (χ2n) is 6.88. The summed E-state index contributed by atoms with van der Waals surface area (Å²) in [5, 5.41) is 5.82. The Kier molecular flexibility index (Phi) is 4.17. The molecule has 2 fully saturated rings. The maximum atomic E-state index is 12.2. The lowest BCUT2D eigenvalue weighted by Gasteiger charge is -2.16. The van der Waals surface area contributed by atoms with Gasteiger partial charge in [-0.25, -0.2) is 9.79 Å². The highest BCUT2D eigenvalue weighted by Crippen LogP contribution is 2.20. The molecule has 1 saturated heterocycles. The summed E-state index contributed by atoms with van der Waals surface area (Å²) >= 11 is 0. The third kappa shape index (κ3) is 3.67. The van der Waals surface area contributed by atoms with Crippen molar-refractivity contribution in [1.82, 2.24) is 15.5 Å². The van der Waals surface area contributed by atoms with Crippen LogP contribution in [-0.2, 0) is 17.9 Å². The van der Waals surface area contributed by atoms with Gasteiger partial charge in [0, 0.05) is 6.04 Å². The monoisotopic (exact) mass is 329 g/mol. The number of aliphatic imine (C=N–C) groups is 1. The number of hydrogen-bond acceptors (Lipinski definition) is 3. The van der Waals surface area contributed by atoms with Crippen LogP contribution in [0.25, 0.3) is 0 Å². The van der Waals surface area contributed by atoms with Gasteiger partial charge >= 0.3 is 6.03 Å². The molecule has 0 atom stereocenters. The van der Waals surface area contributed by atoms with Crippen LogP contribution in [0.5, 0.6) is 0 Å². The van der Waals surface area contributed by atoms with E-state index in [2.05, 4.69) is 15.6 Å². The molecule has 2 aliphatic rings. The number of amides is 3. The summed E-state index contributed by atoms with van der Waals surface area (Å²) in [7, 11) is 0. The molecule has 1 aromatic carbocycles. The molecule has 7 nitrogen and oxygen atoms in total. The summed E-state index contributed by atoms with van der Waals surface area (Å²) in [6.07, 6.45) is 2.31. The summed E-state index contributed by atoms with van der Waals surface area (Å²) in [5.74, 6) is 0.267. The van der Waals surface area contributed by atoms with Crippen molar-refractivity contribution in [3.8, 4) is 0 Å². The van der Waals surface area contributed by atoms with Crippen LogP contribution >= 0.6 is 0 Å². The lowest BCUT2D eigenvalue weighted by atomic mass is 10.1. The number of nitrogens with two attached hydrogens (primary N) is 1. The van der Waals surface area contributed by atoms with E-state index in [1.807, 2.05) is 24.3 Å². The molecule has 7 heteroatoms. The molecule has 128 valence electrons. The first-order valence-electron chi connectivity index (χ1n) is 8.13. The van der Waals surface area contributed by atoms with E-state index in [0.29, 0.717) is 18.5 Å². The van der Waals surface area contributed by atoms with Crippen LogP contribution in [0.15, 0.2) is 29.3 Å². The average Bonchev–Trinajstić information content (AvgIpc) is 3.31. The van der Waals surface area contributed by atoms with Crippen LogP contribution in [-0.4, -0.2) is 34.4 Å². The number of benzene rings is 1. The van der Waals surface area contributed by atoms with Crippen LogP contribution in [0.1, 0.15) is 37.8 Å². The van der Waals surface area contributed by atoms with E-state index in [9.17, 15) is 9.59 Å². The van der Waals surface area contributed by atoms with Gasteiger partial charge in [0.25, 0.3) is 5.91 Å². The van der Waals surface area contributed by atoms with Gasteiger partial charge in [0.05, 0.1) is 13.1 Å². The normalized spacial score (nSPS) is 20.2. The zero-order valence-corrected chi connectivity index (χ0v) is 14.0. The van der Waals surface area contributed by atoms with E-state index in [1.165, 1.54) is 4.90 Å². The zero-order chi connectivity index (χ0) is 17.3. The Balaban J connectivity index is 1.58. The molecule has 0 unspecified atom stereocenters. The molecular weight excluding hydrogens is 306 g/mol. The second kappa shape index (κ2) is 6.14. The number of rotatable bonds is 5. The highest BCUT2D eigenvalue weighted by Gasteiger charge is 2.43. The molecule has 1 aliphatic carbocycles. The van der Waals surface area contributed by atoms with Gasteiger partial charge in [-0.2, -0.15) is 0 Å². The Bertz CT molecular complexity index is 677. The Hall–Kier alpha value is -2.57. The smallest absolute Gasteiger partial charge is 0.325 e. The molecule has 0 radical (unpaired) electrons. The van der Waals surface area contributed by atoms with Gasteiger partial charge in [-0.15, -0.1) is 0 Å². The molecular formula is C17H23N5O2. The van der Waals surface area contributed by atoms with Gasteiger partial charge in [0.2, 0.25) is 0 Å². The predicted molar refractivity (Wildman–Crippen MR) is 91.1 cm³/mol. The van der Waals surface area contributed by atoms with E-state index < -0.39 is 5.54 Å². The minimum atomic E-state index is -0.835.